The molecule has 0 aliphatic heterocycles. The molecular weight excluding hydrogens is 336 g/mol. The molecule has 0 N–H and O–H groups in total. The van der Waals surface area contributed by atoms with Crippen LogP contribution in [0.1, 0.15) is 35.5 Å². The van der Waals surface area contributed by atoms with Crippen LogP contribution in [-0.4, -0.2) is 25.7 Å². The van der Waals surface area contributed by atoms with Crippen molar-refractivity contribution in [3.8, 4) is 11.5 Å². The van der Waals surface area contributed by atoms with E-state index >= 15 is 0 Å². The molecular formula is C20H26O2S2. The van der Waals surface area contributed by atoms with Crippen molar-refractivity contribution >= 4 is 23.5 Å². The van der Waals surface area contributed by atoms with Gasteiger partial charge in [-0.3, -0.25) is 0 Å². The lowest BCUT2D eigenvalue weighted by Gasteiger charge is -2.27. The molecule has 0 spiro atoms. The van der Waals surface area contributed by atoms with Gasteiger partial charge in [-0.05, 0) is 46.9 Å². The fourth-order valence-electron chi connectivity index (χ4n) is 2.71. The van der Waals surface area contributed by atoms with Gasteiger partial charge in [-0.15, -0.1) is 0 Å². The fourth-order valence-corrected chi connectivity index (χ4v) is 5.24. The normalized spacial score (nSPS) is 13.3. The highest BCUT2D eigenvalue weighted by molar-refractivity contribution is 8.03. The molecule has 0 amide bonds. The van der Waals surface area contributed by atoms with Crippen molar-refractivity contribution in [1.82, 2.24) is 0 Å². The number of hydrogen-bond acceptors (Lipinski definition) is 4. The molecule has 0 heterocycles. The second-order valence-electron chi connectivity index (χ2n) is 5.31. The molecule has 2 atom stereocenters. The minimum atomic E-state index is 0.377. The zero-order valence-electron chi connectivity index (χ0n) is 14.8. The van der Waals surface area contributed by atoms with Crippen LogP contribution in [0.15, 0.2) is 48.5 Å². The zero-order chi connectivity index (χ0) is 17.4. The quantitative estimate of drug-likeness (QED) is 0.545. The Kier molecular flexibility index (Phi) is 7.86. The van der Waals surface area contributed by atoms with Crippen LogP contribution in [0.25, 0.3) is 0 Å². The lowest BCUT2D eigenvalue weighted by molar-refractivity contribution is 0.413. The average Bonchev–Trinajstić information content (AvgIpc) is 2.64. The number of hydrogen-bond donors (Lipinski definition) is 0. The van der Waals surface area contributed by atoms with Gasteiger partial charge in [0, 0.05) is 10.5 Å². The first-order valence-corrected chi connectivity index (χ1v) is 10.3. The molecule has 0 radical (unpaired) electrons. The van der Waals surface area contributed by atoms with Crippen LogP contribution in [0, 0.1) is 0 Å². The lowest BCUT2D eigenvalue weighted by atomic mass is 10.0. The molecule has 2 aromatic rings. The highest BCUT2D eigenvalue weighted by Gasteiger charge is 2.25. The van der Waals surface area contributed by atoms with Crippen LogP contribution in [0.2, 0.25) is 0 Å². The third-order valence-corrected chi connectivity index (χ3v) is 6.46. The van der Waals surface area contributed by atoms with E-state index in [1.54, 1.807) is 14.2 Å². The molecule has 0 saturated carbocycles. The Morgan fingerprint density at radius 3 is 1.50 bits per heavy atom. The molecule has 0 aliphatic carbocycles. The van der Waals surface area contributed by atoms with Crippen molar-refractivity contribution in [3.05, 3.63) is 59.7 Å². The standard InChI is InChI=1S/C20H26O2S2/c1-5-23-19(15-9-7-11-17(13-15)21-3)20(24-6-2)16-10-8-12-18(14-16)22-4/h7-14,19-20H,5-6H2,1-4H3/t19-,20-/m1/s1. The summed E-state index contributed by atoms with van der Waals surface area (Å²) in [5.41, 5.74) is 2.63. The van der Waals surface area contributed by atoms with Crippen LogP contribution >= 0.6 is 23.5 Å². The van der Waals surface area contributed by atoms with Gasteiger partial charge in [0.1, 0.15) is 11.5 Å². The molecule has 130 valence electrons. The van der Waals surface area contributed by atoms with E-state index in [1.165, 1.54) is 11.1 Å². The molecule has 2 aromatic carbocycles. The summed E-state index contributed by atoms with van der Waals surface area (Å²) in [4.78, 5) is 0. The summed E-state index contributed by atoms with van der Waals surface area (Å²) < 4.78 is 10.9. The number of ether oxygens (including phenoxy) is 2. The van der Waals surface area contributed by atoms with Gasteiger partial charge in [-0.25, -0.2) is 0 Å². The zero-order valence-corrected chi connectivity index (χ0v) is 16.5. The fraction of sp³-hybridized carbons (Fsp3) is 0.400. The highest BCUT2D eigenvalue weighted by Crippen LogP contribution is 2.48. The minimum Gasteiger partial charge on any atom is -0.497 e. The topological polar surface area (TPSA) is 18.5 Å². The van der Waals surface area contributed by atoms with Crippen LogP contribution in [0.4, 0.5) is 0 Å². The van der Waals surface area contributed by atoms with Crippen LogP contribution in [-0.2, 0) is 0 Å². The average molecular weight is 363 g/mol. The third-order valence-electron chi connectivity index (χ3n) is 3.81. The molecule has 0 aromatic heterocycles. The van der Waals surface area contributed by atoms with E-state index in [4.69, 9.17) is 9.47 Å². The summed E-state index contributed by atoms with van der Waals surface area (Å²) in [5, 5.41) is 0.754. The molecule has 0 unspecified atom stereocenters. The second kappa shape index (κ2) is 9.90. The first-order chi connectivity index (χ1) is 11.7. The van der Waals surface area contributed by atoms with Crippen LogP contribution < -0.4 is 9.47 Å². The molecule has 24 heavy (non-hydrogen) atoms. The predicted octanol–water partition coefficient (Wildman–Crippen LogP) is 5.99. The maximum Gasteiger partial charge on any atom is 0.119 e. The molecule has 0 aliphatic rings. The van der Waals surface area contributed by atoms with Crippen molar-refractivity contribution in [2.45, 2.75) is 24.3 Å². The molecule has 0 saturated heterocycles. The summed E-state index contributed by atoms with van der Waals surface area (Å²) in [6, 6.07) is 16.9. The van der Waals surface area contributed by atoms with E-state index in [1.807, 2.05) is 35.7 Å². The SMILES string of the molecule is CCS[C@H](c1cccc(OC)c1)[C@H](SCC)c1cccc(OC)c1. The summed E-state index contributed by atoms with van der Waals surface area (Å²) in [7, 11) is 3.45. The van der Waals surface area contributed by atoms with Gasteiger partial charge in [-0.1, -0.05) is 38.1 Å². The van der Waals surface area contributed by atoms with Crippen LogP contribution in [0.3, 0.4) is 0 Å². The molecule has 0 bridgehead atoms. The molecule has 2 nitrogen and oxygen atoms in total. The highest BCUT2D eigenvalue weighted by atomic mass is 32.2. The van der Waals surface area contributed by atoms with Gasteiger partial charge >= 0.3 is 0 Å². The third kappa shape index (κ3) is 4.87. The van der Waals surface area contributed by atoms with E-state index in [2.05, 4.69) is 50.2 Å². The summed E-state index contributed by atoms with van der Waals surface area (Å²) >= 11 is 3.98. The van der Waals surface area contributed by atoms with Crippen molar-refractivity contribution in [2.24, 2.45) is 0 Å². The van der Waals surface area contributed by atoms with Gasteiger partial charge in [0.05, 0.1) is 14.2 Å². The lowest BCUT2D eigenvalue weighted by Crippen LogP contribution is -2.07. The molecule has 2 rings (SSSR count). The number of benzene rings is 2. The smallest absolute Gasteiger partial charge is 0.119 e. The van der Waals surface area contributed by atoms with Crippen molar-refractivity contribution in [2.75, 3.05) is 25.7 Å². The van der Waals surface area contributed by atoms with Gasteiger partial charge in [0.2, 0.25) is 0 Å². The number of thioether (sulfide) groups is 2. The Labute approximate surface area is 154 Å². The summed E-state index contributed by atoms with van der Waals surface area (Å²) in [6.07, 6.45) is 0. The maximum absolute atomic E-state index is 5.43. The van der Waals surface area contributed by atoms with Gasteiger partial charge in [-0.2, -0.15) is 23.5 Å². The van der Waals surface area contributed by atoms with Crippen LogP contribution in [0.5, 0.6) is 11.5 Å². The van der Waals surface area contributed by atoms with Crippen molar-refractivity contribution < 1.29 is 9.47 Å². The van der Waals surface area contributed by atoms with E-state index in [0.29, 0.717) is 10.5 Å². The second-order valence-corrected chi connectivity index (χ2v) is 8.14. The number of rotatable bonds is 9. The first kappa shape index (κ1) is 19.1. The van der Waals surface area contributed by atoms with Gasteiger partial charge in [0.25, 0.3) is 0 Å². The van der Waals surface area contributed by atoms with Gasteiger partial charge < -0.3 is 9.47 Å². The number of methoxy groups -OCH3 is 2. The molecule has 0 fully saturated rings. The van der Waals surface area contributed by atoms with E-state index in [-0.39, 0.29) is 0 Å². The predicted molar refractivity (Wildman–Crippen MR) is 108 cm³/mol. The maximum atomic E-state index is 5.43. The van der Waals surface area contributed by atoms with E-state index in [9.17, 15) is 0 Å². The first-order valence-electron chi connectivity index (χ1n) is 8.24. The van der Waals surface area contributed by atoms with Gasteiger partial charge in [0.15, 0.2) is 0 Å². The Bertz CT molecular complexity index is 575. The molecule has 4 heteroatoms. The van der Waals surface area contributed by atoms with Crippen molar-refractivity contribution in [3.63, 3.8) is 0 Å². The minimum absolute atomic E-state index is 0.377. The summed E-state index contributed by atoms with van der Waals surface area (Å²) in [5.74, 6) is 3.99. The van der Waals surface area contributed by atoms with E-state index in [0.717, 1.165) is 23.0 Å². The van der Waals surface area contributed by atoms with Crippen molar-refractivity contribution in [1.29, 1.82) is 0 Å². The largest absolute Gasteiger partial charge is 0.497 e. The monoisotopic (exact) mass is 362 g/mol. The Morgan fingerprint density at radius 1 is 0.750 bits per heavy atom. The Balaban J connectivity index is 2.42. The summed E-state index contributed by atoms with van der Waals surface area (Å²) in [6.45, 7) is 4.44. The Hall–Kier alpha value is -1.26. The Morgan fingerprint density at radius 2 is 1.17 bits per heavy atom. The van der Waals surface area contributed by atoms with E-state index < -0.39 is 0 Å².